The number of nitrogens with one attached hydrogen (secondary N) is 2. The largest absolute Gasteiger partial charge is 0.368 e. The van der Waals surface area contributed by atoms with Gasteiger partial charge in [-0.2, -0.15) is 0 Å². The molecule has 1 saturated heterocycles. The average Bonchev–Trinajstić information content (AvgIpc) is 2.80. The number of amides is 2. The highest BCUT2D eigenvalue weighted by Gasteiger charge is 2.19. The lowest BCUT2D eigenvalue weighted by atomic mass is 10.1. The zero-order valence-electron chi connectivity index (χ0n) is 16.6. The lowest BCUT2D eigenvalue weighted by molar-refractivity contribution is 0.252. The molecule has 0 unspecified atom stereocenters. The van der Waals surface area contributed by atoms with Gasteiger partial charge in [0, 0.05) is 66.7 Å². The molecule has 2 N–H and O–H groups in total. The number of pyridine rings is 1. The molecule has 1 aliphatic heterocycles. The Labute approximate surface area is 185 Å². The van der Waals surface area contributed by atoms with E-state index in [1.165, 1.54) is 11.4 Å². The van der Waals surface area contributed by atoms with Gasteiger partial charge in [0.25, 0.3) is 0 Å². The van der Waals surface area contributed by atoms with Crippen molar-refractivity contribution in [2.75, 3.05) is 41.3 Å². The number of hydrogen-bond acceptors (Lipinski definition) is 4. The standard InChI is InChI=1S/C23H24BrN5O/c24-19-5-7-20(8-6-19)27-23(30)26-17-18-3-1-2-4-22(18)29-15-13-28(14-16-29)21-9-11-25-12-10-21/h1-12H,13-17H2,(H2,26,27,30). The third-order valence-electron chi connectivity index (χ3n) is 5.18. The summed E-state index contributed by atoms with van der Waals surface area (Å²) in [5, 5.41) is 5.84. The predicted octanol–water partition coefficient (Wildman–Crippen LogP) is 4.49. The molecule has 0 saturated carbocycles. The molecule has 0 spiro atoms. The molecule has 0 bridgehead atoms. The minimum atomic E-state index is -0.213. The highest BCUT2D eigenvalue weighted by Crippen LogP contribution is 2.24. The number of aromatic nitrogens is 1. The van der Waals surface area contributed by atoms with Gasteiger partial charge in [0.15, 0.2) is 0 Å². The number of hydrogen-bond donors (Lipinski definition) is 2. The number of anilines is 3. The Hall–Kier alpha value is -3.06. The van der Waals surface area contributed by atoms with E-state index in [0.29, 0.717) is 6.54 Å². The summed E-state index contributed by atoms with van der Waals surface area (Å²) in [6.07, 6.45) is 3.67. The SMILES string of the molecule is O=C(NCc1ccccc1N1CCN(c2ccncc2)CC1)Nc1ccc(Br)cc1. The van der Waals surface area contributed by atoms with Gasteiger partial charge in [-0.25, -0.2) is 4.79 Å². The Balaban J connectivity index is 1.35. The summed E-state index contributed by atoms with van der Waals surface area (Å²) >= 11 is 3.40. The topological polar surface area (TPSA) is 60.5 Å². The summed E-state index contributed by atoms with van der Waals surface area (Å²) in [5.41, 5.74) is 4.26. The first-order chi connectivity index (χ1) is 14.7. The lowest BCUT2D eigenvalue weighted by Gasteiger charge is -2.38. The Kier molecular flexibility index (Phi) is 6.49. The molecule has 0 aliphatic carbocycles. The van der Waals surface area contributed by atoms with E-state index in [-0.39, 0.29) is 6.03 Å². The molecule has 1 aromatic heterocycles. The van der Waals surface area contributed by atoms with Crippen LogP contribution in [0.4, 0.5) is 21.9 Å². The fourth-order valence-electron chi connectivity index (χ4n) is 3.61. The molecule has 4 rings (SSSR count). The molecular formula is C23H24BrN5O. The number of benzene rings is 2. The van der Waals surface area contributed by atoms with Gasteiger partial charge in [-0.1, -0.05) is 34.1 Å². The van der Waals surface area contributed by atoms with Crippen molar-refractivity contribution in [3.63, 3.8) is 0 Å². The molecule has 1 fully saturated rings. The van der Waals surface area contributed by atoms with Crippen LogP contribution in [0.2, 0.25) is 0 Å². The van der Waals surface area contributed by atoms with Crippen LogP contribution in [0.1, 0.15) is 5.56 Å². The van der Waals surface area contributed by atoms with Crippen LogP contribution in [0.5, 0.6) is 0 Å². The first-order valence-corrected chi connectivity index (χ1v) is 10.8. The van der Waals surface area contributed by atoms with E-state index in [1.54, 1.807) is 0 Å². The van der Waals surface area contributed by atoms with Crippen LogP contribution in [0.25, 0.3) is 0 Å². The van der Waals surface area contributed by atoms with E-state index < -0.39 is 0 Å². The van der Waals surface area contributed by atoms with Crippen molar-refractivity contribution in [2.24, 2.45) is 0 Å². The number of piperazine rings is 1. The van der Waals surface area contributed by atoms with Gasteiger partial charge < -0.3 is 20.4 Å². The van der Waals surface area contributed by atoms with Crippen LogP contribution in [-0.4, -0.2) is 37.2 Å². The molecule has 7 heteroatoms. The Bertz CT molecular complexity index is 972. The lowest BCUT2D eigenvalue weighted by Crippen LogP contribution is -2.47. The van der Waals surface area contributed by atoms with Crippen LogP contribution in [0, 0.1) is 0 Å². The summed E-state index contributed by atoms with van der Waals surface area (Å²) in [5.74, 6) is 0. The molecule has 0 radical (unpaired) electrons. The predicted molar refractivity (Wildman–Crippen MR) is 125 cm³/mol. The molecular weight excluding hydrogens is 442 g/mol. The first-order valence-electron chi connectivity index (χ1n) is 9.97. The Morgan fingerprint density at radius 2 is 1.57 bits per heavy atom. The number of para-hydroxylation sites is 1. The van der Waals surface area contributed by atoms with Gasteiger partial charge in [-0.3, -0.25) is 4.98 Å². The highest BCUT2D eigenvalue weighted by molar-refractivity contribution is 9.10. The first kappa shape index (κ1) is 20.2. The molecule has 2 aromatic carbocycles. The number of carbonyl (C=O) groups excluding carboxylic acids is 1. The van der Waals surface area contributed by atoms with Crippen molar-refractivity contribution < 1.29 is 4.79 Å². The van der Waals surface area contributed by atoms with Crippen molar-refractivity contribution in [1.29, 1.82) is 0 Å². The quantitative estimate of drug-likeness (QED) is 0.582. The summed E-state index contributed by atoms with van der Waals surface area (Å²) in [4.78, 5) is 21.2. The van der Waals surface area contributed by atoms with Crippen molar-refractivity contribution >= 4 is 39.0 Å². The molecule has 2 heterocycles. The second-order valence-corrected chi connectivity index (χ2v) is 8.04. The Morgan fingerprint density at radius 1 is 0.900 bits per heavy atom. The highest BCUT2D eigenvalue weighted by atomic mass is 79.9. The summed E-state index contributed by atoms with van der Waals surface area (Å²) < 4.78 is 0.978. The van der Waals surface area contributed by atoms with Crippen LogP contribution in [-0.2, 0) is 6.54 Å². The molecule has 1 aliphatic rings. The summed E-state index contributed by atoms with van der Waals surface area (Å²) in [6, 6.07) is 19.7. The number of halogens is 1. The van der Waals surface area contributed by atoms with Crippen molar-refractivity contribution in [2.45, 2.75) is 6.54 Å². The van der Waals surface area contributed by atoms with Gasteiger partial charge in [-0.05, 0) is 48.0 Å². The van der Waals surface area contributed by atoms with Gasteiger partial charge in [0.05, 0.1) is 0 Å². The smallest absolute Gasteiger partial charge is 0.319 e. The fourth-order valence-corrected chi connectivity index (χ4v) is 3.88. The van der Waals surface area contributed by atoms with Crippen molar-refractivity contribution in [1.82, 2.24) is 10.3 Å². The molecule has 2 amide bonds. The zero-order valence-corrected chi connectivity index (χ0v) is 18.2. The monoisotopic (exact) mass is 465 g/mol. The maximum Gasteiger partial charge on any atom is 0.319 e. The van der Waals surface area contributed by atoms with Crippen LogP contribution in [0.3, 0.4) is 0 Å². The van der Waals surface area contributed by atoms with Gasteiger partial charge in [-0.15, -0.1) is 0 Å². The third kappa shape index (κ3) is 5.10. The Morgan fingerprint density at radius 3 is 2.30 bits per heavy atom. The van der Waals surface area contributed by atoms with Gasteiger partial charge >= 0.3 is 6.03 Å². The van der Waals surface area contributed by atoms with E-state index in [1.807, 2.05) is 42.7 Å². The second-order valence-electron chi connectivity index (χ2n) is 7.12. The van der Waals surface area contributed by atoms with Gasteiger partial charge in [0.1, 0.15) is 0 Å². The molecule has 154 valence electrons. The van der Waals surface area contributed by atoms with E-state index in [9.17, 15) is 4.79 Å². The molecule has 6 nitrogen and oxygen atoms in total. The van der Waals surface area contributed by atoms with Crippen molar-refractivity contribution in [3.8, 4) is 0 Å². The zero-order chi connectivity index (χ0) is 20.8. The van der Waals surface area contributed by atoms with Gasteiger partial charge in [0.2, 0.25) is 0 Å². The van der Waals surface area contributed by atoms with Crippen LogP contribution >= 0.6 is 15.9 Å². The number of urea groups is 1. The maximum absolute atomic E-state index is 12.3. The van der Waals surface area contributed by atoms with Crippen molar-refractivity contribution in [3.05, 3.63) is 83.1 Å². The molecule has 3 aromatic rings. The maximum atomic E-state index is 12.3. The average molecular weight is 466 g/mol. The van der Waals surface area contributed by atoms with E-state index in [4.69, 9.17) is 0 Å². The third-order valence-corrected chi connectivity index (χ3v) is 5.71. The normalized spacial score (nSPS) is 13.8. The van der Waals surface area contributed by atoms with E-state index >= 15 is 0 Å². The minimum absolute atomic E-state index is 0.213. The molecule has 0 atom stereocenters. The number of nitrogens with zero attached hydrogens (tertiary/aromatic N) is 3. The number of rotatable bonds is 5. The van der Waals surface area contributed by atoms with Crippen LogP contribution in [0.15, 0.2) is 77.5 Å². The molecule has 30 heavy (non-hydrogen) atoms. The number of carbonyl (C=O) groups is 1. The van der Waals surface area contributed by atoms with Crippen LogP contribution < -0.4 is 20.4 Å². The summed E-state index contributed by atoms with van der Waals surface area (Å²) in [7, 11) is 0. The fraction of sp³-hybridized carbons (Fsp3) is 0.217. The summed E-state index contributed by atoms with van der Waals surface area (Å²) in [6.45, 7) is 4.25. The minimum Gasteiger partial charge on any atom is -0.368 e. The second kappa shape index (κ2) is 9.63. The van der Waals surface area contributed by atoms with E-state index in [2.05, 4.69) is 71.7 Å². The van der Waals surface area contributed by atoms with E-state index in [0.717, 1.165) is 41.9 Å².